The summed E-state index contributed by atoms with van der Waals surface area (Å²) in [5, 5.41) is 12.3. The van der Waals surface area contributed by atoms with E-state index in [0.29, 0.717) is 31.3 Å². The highest BCUT2D eigenvalue weighted by Crippen LogP contribution is 2.25. The molecular formula is C17H27ClN6OS. The second kappa shape index (κ2) is 10.6. The molecule has 0 saturated heterocycles. The van der Waals surface area contributed by atoms with Crippen molar-refractivity contribution in [1.29, 1.82) is 0 Å². The quantitative estimate of drug-likeness (QED) is 0.343. The molecule has 0 aliphatic rings. The highest BCUT2D eigenvalue weighted by atomic mass is 35.5. The number of carbonyl (C=O) groups is 1. The minimum Gasteiger partial charge on any atom is -0.369 e. The normalized spacial score (nSPS) is 11.3. The third kappa shape index (κ3) is 6.02. The van der Waals surface area contributed by atoms with Crippen molar-refractivity contribution in [2.45, 2.75) is 45.3 Å². The van der Waals surface area contributed by atoms with Crippen LogP contribution in [0, 0.1) is 5.92 Å². The monoisotopic (exact) mass is 398 g/mol. The molecule has 2 rings (SSSR count). The van der Waals surface area contributed by atoms with E-state index in [1.807, 2.05) is 4.68 Å². The second-order valence-corrected chi connectivity index (χ2v) is 7.81. The summed E-state index contributed by atoms with van der Waals surface area (Å²) in [7, 11) is 0. The molecular weight excluding hydrogens is 372 g/mol. The van der Waals surface area contributed by atoms with E-state index in [0.717, 1.165) is 40.7 Å². The van der Waals surface area contributed by atoms with Crippen molar-refractivity contribution >= 4 is 46.1 Å². The molecule has 0 spiro atoms. The van der Waals surface area contributed by atoms with Gasteiger partial charge >= 0.3 is 0 Å². The average molecular weight is 399 g/mol. The standard InChI is InChI=1S/C17H27ClN6OS/c1-4-9-26-17-22-15(20-10-12(2)3)13-11-21-24(16(13)23-17)8-7-19-14(25)5-6-18/h11-12H,4-10H2,1-3H3,(H,19,25)(H,20,22,23). The average Bonchev–Trinajstić information content (AvgIpc) is 3.01. The van der Waals surface area contributed by atoms with Crippen molar-refractivity contribution in [3.8, 4) is 0 Å². The fourth-order valence-corrected chi connectivity index (χ4v) is 3.13. The molecule has 2 heterocycles. The van der Waals surface area contributed by atoms with Crippen molar-refractivity contribution in [2.24, 2.45) is 5.92 Å². The number of carbonyl (C=O) groups excluding carboxylic acids is 1. The molecule has 0 unspecified atom stereocenters. The maximum absolute atomic E-state index is 11.5. The SMILES string of the molecule is CCCSc1nc(NCC(C)C)c2cnn(CCNC(=O)CCCl)c2n1. The zero-order chi connectivity index (χ0) is 18.9. The number of alkyl halides is 1. The minimum atomic E-state index is -0.0513. The van der Waals surface area contributed by atoms with Crippen LogP contribution in [0.5, 0.6) is 0 Å². The summed E-state index contributed by atoms with van der Waals surface area (Å²) >= 11 is 7.22. The van der Waals surface area contributed by atoms with Gasteiger partial charge in [0.1, 0.15) is 5.82 Å². The van der Waals surface area contributed by atoms with E-state index < -0.39 is 0 Å². The number of halogens is 1. The largest absolute Gasteiger partial charge is 0.369 e. The van der Waals surface area contributed by atoms with E-state index in [1.165, 1.54) is 0 Å². The summed E-state index contributed by atoms with van der Waals surface area (Å²) in [5.41, 5.74) is 0.788. The summed E-state index contributed by atoms with van der Waals surface area (Å²) < 4.78 is 1.81. The van der Waals surface area contributed by atoms with Gasteiger partial charge in [0, 0.05) is 31.1 Å². The molecule has 0 radical (unpaired) electrons. The molecule has 0 aliphatic heterocycles. The molecule has 2 aromatic heterocycles. The van der Waals surface area contributed by atoms with Crippen LogP contribution in [0.3, 0.4) is 0 Å². The van der Waals surface area contributed by atoms with Crippen molar-refractivity contribution in [3.63, 3.8) is 0 Å². The molecule has 0 fully saturated rings. The maximum atomic E-state index is 11.5. The fraction of sp³-hybridized carbons (Fsp3) is 0.647. The molecule has 0 atom stereocenters. The van der Waals surface area contributed by atoms with Gasteiger partial charge in [-0.15, -0.1) is 11.6 Å². The number of hydrogen-bond acceptors (Lipinski definition) is 6. The Balaban J connectivity index is 2.19. The van der Waals surface area contributed by atoms with Crippen LogP contribution in [0.25, 0.3) is 11.0 Å². The van der Waals surface area contributed by atoms with Gasteiger partial charge in [-0.25, -0.2) is 14.6 Å². The van der Waals surface area contributed by atoms with Crippen LogP contribution >= 0.6 is 23.4 Å². The Morgan fingerprint density at radius 3 is 2.88 bits per heavy atom. The summed E-state index contributed by atoms with van der Waals surface area (Å²) in [6, 6.07) is 0. The van der Waals surface area contributed by atoms with E-state index in [2.05, 4.69) is 46.5 Å². The molecule has 2 aromatic rings. The summed E-state index contributed by atoms with van der Waals surface area (Å²) in [6.45, 7) is 8.33. The topological polar surface area (TPSA) is 84.7 Å². The van der Waals surface area contributed by atoms with Crippen LogP contribution in [0.15, 0.2) is 11.4 Å². The van der Waals surface area contributed by atoms with Gasteiger partial charge in [-0.05, 0) is 12.3 Å². The van der Waals surface area contributed by atoms with Crippen LogP contribution in [0.2, 0.25) is 0 Å². The van der Waals surface area contributed by atoms with Gasteiger partial charge in [-0.1, -0.05) is 32.5 Å². The smallest absolute Gasteiger partial charge is 0.221 e. The molecule has 1 amide bonds. The van der Waals surface area contributed by atoms with Crippen molar-refractivity contribution in [1.82, 2.24) is 25.1 Å². The van der Waals surface area contributed by atoms with Crippen molar-refractivity contribution in [2.75, 3.05) is 30.0 Å². The van der Waals surface area contributed by atoms with Gasteiger partial charge in [-0.3, -0.25) is 4.79 Å². The third-order valence-electron chi connectivity index (χ3n) is 3.56. The zero-order valence-electron chi connectivity index (χ0n) is 15.6. The molecule has 0 aliphatic carbocycles. The first-order valence-corrected chi connectivity index (χ1v) is 10.5. The van der Waals surface area contributed by atoms with Crippen LogP contribution in [0.1, 0.15) is 33.6 Å². The molecule has 26 heavy (non-hydrogen) atoms. The lowest BCUT2D eigenvalue weighted by molar-refractivity contribution is -0.120. The van der Waals surface area contributed by atoms with Crippen molar-refractivity contribution in [3.05, 3.63) is 6.20 Å². The molecule has 0 saturated carbocycles. The number of rotatable bonds is 11. The number of anilines is 1. The van der Waals surface area contributed by atoms with E-state index in [9.17, 15) is 4.79 Å². The van der Waals surface area contributed by atoms with Crippen LogP contribution in [-0.4, -0.2) is 50.4 Å². The number of nitrogens with zero attached hydrogens (tertiary/aromatic N) is 4. The molecule has 0 aromatic carbocycles. The lowest BCUT2D eigenvalue weighted by Crippen LogP contribution is -2.27. The number of amides is 1. The Morgan fingerprint density at radius 2 is 2.19 bits per heavy atom. The molecule has 0 bridgehead atoms. The van der Waals surface area contributed by atoms with Gasteiger partial charge in [0.25, 0.3) is 0 Å². The Morgan fingerprint density at radius 1 is 1.38 bits per heavy atom. The molecule has 144 valence electrons. The van der Waals surface area contributed by atoms with Gasteiger partial charge in [0.15, 0.2) is 10.8 Å². The summed E-state index contributed by atoms with van der Waals surface area (Å²) in [4.78, 5) is 20.9. The molecule has 7 nitrogen and oxygen atoms in total. The Labute approximate surface area is 163 Å². The molecule has 2 N–H and O–H groups in total. The van der Waals surface area contributed by atoms with Crippen LogP contribution < -0.4 is 10.6 Å². The Hall–Kier alpha value is -1.54. The van der Waals surface area contributed by atoms with E-state index in [4.69, 9.17) is 11.6 Å². The number of thioether (sulfide) groups is 1. The van der Waals surface area contributed by atoms with Gasteiger partial charge in [0.05, 0.1) is 18.1 Å². The first-order valence-electron chi connectivity index (χ1n) is 8.98. The summed E-state index contributed by atoms with van der Waals surface area (Å²) in [6.07, 6.45) is 3.17. The second-order valence-electron chi connectivity index (χ2n) is 6.37. The first kappa shape index (κ1) is 20.8. The van der Waals surface area contributed by atoms with Crippen LogP contribution in [-0.2, 0) is 11.3 Å². The number of fused-ring (bicyclic) bond motifs is 1. The highest BCUT2D eigenvalue weighted by molar-refractivity contribution is 7.99. The summed E-state index contributed by atoms with van der Waals surface area (Å²) in [5.74, 6) is 2.58. The predicted octanol–water partition coefficient (Wildman–Crippen LogP) is 3.14. The van der Waals surface area contributed by atoms with Gasteiger partial charge in [-0.2, -0.15) is 5.10 Å². The minimum absolute atomic E-state index is 0.0513. The Kier molecular flexibility index (Phi) is 8.44. The Bertz CT molecular complexity index is 721. The first-order chi connectivity index (χ1) is 12.5. The predicted molar refractivity (Wildman–Crippen MR) is 108 cm³/mol. The highest BCUT2D eigenvalue weighted by Gasteiger charge is 2.13. The lowest BCUT2D eigenvalue weighted by Gasteiger charge is -2.11. The van der Waals surface area contributed by atoms with E-state index in [1.54, 1.807) is 18.0 Å². The van der Waals surface area contributed by atoms with Gasteiger partial charge in [0.2, 0.25) is 5.91 Å². The van der Waals surface area contributed by atoms with E-state index in [-0.39, 0.29) is 5.91 Å². The number of aromatic nitrogens is 4. The third-order valence-corrected chi connectivity index (χ3v) is 4.80. The number of nitrogens with one attached hydrogen (secondary N) is 2. The van der Waals surface area contributed by atoms with E-state index >= 15 is 0 Å². The number of hydrogen-bond donors (Lipinski definition) is 2. The van der Waals surface area contributed by atoms with Gasteiger partial charge < -0.3 is 10.6 Å². The fourth-order valence-electron chi connectivity index (χ4n) is 2.27. The van der Waals surface area contributed by atoms with Crippen LogP contribution in [0.4, 0.5) is 5.82 Å². The zero-order valence-corrected chi connectivity index (χ0v) is 17.2. The van der Waals surface area contributed by atoms with Crippen molar-refractivity contribution < 1.29 is 4.79 Å². The lowest BCUT2D eigenvalue weighted by atomic mass is 10.2. The maximum Gasteiger partial charge on any atom is 0.221 e. The molecule has 9 heteroatoms.